The van der Waals surface area contributed by atoms with E-state index in [4.69, 9.17) is 5.14 Å². The number of aromatic nitrogens is 1. The van der Waals surface area contributed by atoms with Crippen molar-refractivity contribution in [3.05, 3.63) is 28.5 Å². The van der Waals surface area contributed by atoms with Gasteiger partial charge in [-0.05, 0) is 47.8 Å². The van der Waals surface area contributed by atoms with E-state index in [0.29, 0.717) is 4.47 Å². The molecule has 19 heavy (non-hydrogen) atoms. The number of rotatable bonds is 4. The molecule has 1 aromatic heterocycles. The molecule has 1 aromatic rings. The van der Waals surface area contributed by atoms with Crippen molar-refractivity contribution < 1.29 is 17.4 Å². The molecule has 8 heteroatoms. The largest absolute Gasteiger partial charge is 0.395 e. The van der Waals surface area contributed by atoms with Gasteiger partial charge in [0.1, 0.15) is 0 Å². The van der Waals surface area contributed by atoms with Crippen LogP contribution in [0.3, 0.4) is 0 Å². The molecule has 0 bridgehead atoms. The van der Waals surface area contributed by atoms with E-state index < -0.39 is 27.8 Å². The number of nitrogens with zero attached hydrogens (tertiary/aromatic N) is 1. The molecule has 0 radical (unpaired) electrons. The summed E-state index contributed by atoms with van der Waals surface area (Å²) in [6.45, 7) is 2.90. The van der Waals surface area contributed by atoms with Gasteiger partial charge in [-0.25, -0.2) is 4.21 Å². The molecule has 0 aromatic carbocycles. The Balaban J connectivity index is 3.14. The molecule has 0 saturated heterocycles. The summed E-state index contributed by atoms with van der Waals surface area (Å²) in [5.74, 6) is -1.75. The fourth-order valence-electron chi connectivity index (χ4n) is 1.62. The van der Waals surface area contributed by atoms with Gasteiger partial charge in [0.25, 0.3) is 0 Å². The van der Waals surface area contributed by atoms with E-state index in [1.165, 1.54) is 32.3 Å². The van der Waals surface area contributed by atoms with E-state index in [2.05, 4.69) is 20.9 Å². The van der Waals surface area contributed by atoms with Crippen LogP contribution in [-0.4, -0.2) is 20.1 Å². The summed E-state index contributed by atoms with van der Waals surface area (Å²) in [5.41, 5.74) is 0.0281. The van der Waals surface area contributed by atoms with Gasteiger partial charge in [0.05, 0.1) is 21.7 Å². The molecule has 0 spiro atoms. The van der Waals surface area contributed by atoms with Crippen molar-refractivity contribution in [1.29, 1.82) is 0 Å². The molecule has 0 fully saturated rings. The molecule has 0 aliphatic heterocycles. The molecule has 2 atom stereocenters. The van der Waals surface area contributed by atoms with Crippen LogP contribution in [0.1, 0.15) is 31.7 Å². The Kier molecular flexibility index (Phi) is 5.14. The first-order valence-corrected chi connectivity index (χ1v) is 7.38. The van der Waals surface area contributed by atoms with Gasteiger partial charge < -0.3 is 0 Å². The third kappa shape index (κ3) is 4.54. The molecule has 1 heterocycles. The van der Waals surface area contributed by atoms with Crippen molar-refractivity contribution in [3.8, 4) is 0 Å². The summed E-state index contributed by atoms with van der Waals surface area (Å²) in [4.78, 5) is 3.74. The zero-order valence-electron chi connectivity index (χ0n) is 10.4. The van der Waals surface area contributed by atoms with Crippen LogP contribution in [0.15, 0.2) is 22.9 Å². The molecular weight excluding hydrogens is 345 g/mol. The smallest absolute Gasteiger partial charge is 0.263 e. The molecule has 1 rings (SSSR count). The van der Waals surface area contributed by atoms with Crippen LogP contribution < -0.4 is 5.14 Å². The Bertz CT molecular complexity index is 479. The number of hydrogen-bond acceptors (Lipinski definition) is 2. The zero-order valence-corrected chi connectivity index (χ0v) is 12.8. The lowest BCUT2D eigenvalue weighted by Gasteiger charge is -2.29. The van der Waals surface area contributed by atoms with Gasteiger partial charge in [-0.15, -0.1) is 0 Å². The Hall–Kier alpha value is -0.470. The number of pyridine rings is 1. The lowest BCUT2D eigenvalue weighted by atomic mass is 9.90. The van der Waals surface area contributed by atoms with Gasteiger partial charge in [0.15, 0.2) is 0 Å². The molecule has 2 N–H and O–H groups in total. The lowest BCUT2D eigenvalue weighted by molar-refractivity contribution is -0.153. The van der Waals surface area contributed by atoms with Gasteiger partial charge in [-0.1, -0.05) is 0 Å². The molecule has 0 aliphatic carbocycles. The first kappa shape index (κ1) is 16.6. The van der Waals surface area contributed by atoms with E-state index in [1.54, 1.807) is 0 Å². The number of hydrogen-bond donors (Lipinski definition) is 1. The van der Waals surface area contributed by atoms with E-state index in [-0.39, 0.29) is 12.0 Å². The van der Waals surface area contributed by atoms with Crippen molar-refractivity contribution in [2.75, 3.05) is 0 Å². The minimum atomic E-state index is -4.45. The second-order valence-corrected chi connectivity index (χ2v) is 7.41. The second kappa shape index (κ2) is 5.88. The SMILES string of the molecule is CC(C)(CC(c1cncc(Br)c1)C(F)(F)F)S(N)=O. The maximum Gasteiger partial charge on any atom is 0.395 e. The first-order chi connectivity index (χ1) is 8.54. The standard InChI is InChI=1S/C11H14BrF3N2OS/c1-10(2,19(16)18)4-9(11(13,14)15)7-3-8(12)6-17-5-7/h3,5-6,9H,4,16H2,1-2H3. The van der Waals surface area contributed by atoms with Crippen LogP contribution in [0.5, 0.6) is 0 Å². The Labute approximate surface area is 120 Å². The molecule has 108 valence electrons. The summed E-state index contributed by atoms with van der Waals surface area (Å²) < 4.78 is 50.1. The predicted molar refractivity (Wildman–Crippen MR) is 71.8 cm³/mol. The molecule has 0 amide bonds. The van der Waals surface area contributed by atoms with Gasteiger partial charge >= 0.3 is 6.18 Å². The zero-order chi connectivity index (χ0) is 14.8. The van der Waals surface area contributed by atoms with Crippen LogP contribution in [-0.2, 0) is 11.0 Å². The Morgan fingerprint density at radius 3 is 2.42 bits per heavy atom. The molecule has 0 saturated carbocycles. The van der Waals surface area contributed by atoms with Crippen LogP contribution in [0.4, 0.5) is 13.2 Å². The quantitative estimate of drug-likeness (QED) is 0.897. The van der Waals surface area contributed by atoms with Crippen molar-refractivity contribution in [1.82, 2.24) is 4.98 Å². The molecule has 2 unspecified atom stereocenters. The summed E-state index contributed by atoms with van der Waals surface area (Å²) in [7, 11) is -1.84. The summed E-state index contributed by atoms with van der Waals surface area (Å²) in [6, 6.07) is 1.36. The second-order valence-electron chi connectivity index (χ2n) is 4.79. The highest BCUT2D eigenvalue weighted by Crippen LogP contribution is 2.41. The van der Waals surface area contributed by atoms with Gasteiger partial charge in [-0.2, -0.15) is 13.2 Å². The van der Waals surface area contributed by atoms with Crippen molar-refractivity contribution in [2.24, 2.45) is 5.14 Å². The highest BCUT2D eigenvalue weighted by atomic mass is 79.9. The summed E-state index contributed by atoms with van der Waals surface area (Å²) in [6.07, 6.45) is -2.24. The fourth-order valence-corrected chi connectivity index (χ4v) is 2.33. The first-order valence-electron chi connectivity index (χ1n) is 5.37. The Morgan fingerprint density at radius 1 is 1.42 bits per heavy atom. The number of alkyl halides is 3. The minimum absolute atomic E-state index is 0.0281. The van der Waals surface area contributed by atoms with Gasteiger partial charge in [-0.3, -0.25) is 10.1 Å². The van der Waals surface area contributed by atoms with E-state index >= 15 is 0 Å². The summed E-state index contributed by atoms with van der Waals surface area (Å²) in [5, 5.41) is 5.25. The van der Waals surface area contributed by atoms with Gasteiger partial charge in [0, 0.05) is 16.9 Å². The predicted octanol–water partition coefficient (Wildman–Crippen LogP) is 3.28. The monoisotopic (exact) mass is 358 g/mol. The molecular formula is C11H14BrF3N2OS. The topological polar surface area (TPSA) is 56.0 Å². The van der Waals surface area contributed by atoms with E-state index in [9.17, 15) is 17.4 Å². The maximum atomic E-state index is 13.1. The van der Waals surface area contributed by atoms with E-state index in [0.717, 1.165) is 0 Å². The number of nitrogens with two attached hydrogens (primary N) is 1. The van der Waals surface area contributed by atoms with Gasteiger partial charge in [0.2, 0.25) is 0 Å². The van der Waals surface area contributed by atoms with Crippen LogP contribution in [0, 0.1) is 0 Å². The molecule has 0 aliphatic rings. The Morgan fingerprint density at radius 2 is 2.00 bits per heavy atom. The lowest BCUT2D eigenvalue weighted by Crippen LogP contribution is -2.37. The average molecular weight is 359 g/mol. The van der Waals surface area contributed by atoms with Crippen LogP contribution >= 0.6 is 15.9 Å². The third-order valence-electron chi connectivity index (χ3n) is 2.76. The van der Waals surface area contributed by atoms with Crippen molar-refractivity contribution >= 4 is 26.9 Å². The van der Waals surface area contributed by atoms with Crippen molar-refractivity contribution in [3.63, 3.8) is 0 Å². The highest BCUT2D eigenvalue weighted by molar-refractivity contribution is 9.10. The van der Waals surface area contributed by atoms with Crippen molar-refractivity contribution in [2.45, 2.75) is 37.1 Å². The maximum absolute atomic E-state index is 13.1. The average Bonchev–Trinajstić information content (AvgIpc) is 2.24. The van der Waals surface area contributed by atoms with E-state index in [1.807, 2.05) is 0 Å². The third-order valence-corrected chi connectivity index (χ3v) is 4.45. The minimum Gasteiger partial charge on any atom is -0.263 e. The van der Waals surface area contributed by atoms with Crippen LogP contribution in [0.25, 0.3) is 0 Å². The van der Waals surface area contributed by atoms with Crippen LogP contribution in [0.2, 0.25) is 0 Å². The normalized spacial score (nSPS) is 16.2. The number of halogens is 4. The highest BCUT2D eigenvalue weighted by Gasteiger charge is 2.45. The summed E-state index contributed by atoms with van der Waals surface area (Å²) >= 11 is 3.09. The molecule has 3 nitrogen and oxygen atoms in total. The fraction of sp³-hybridized carbons (Fsp3) is 0.545.